The zero-order valence-corrected chi connectivity index (χ0v) is 13.7. The summed E-state index contributed by atoms with van der Waals surface area (Å²) in [4.78, 5) is 20.1. The van der Waals surface area contributed by atoms with Crippen LogP contribution in [0, 0.1) is 0 Å². The van der Waals surface area contributed by atoms with Crippen LogP contribution in [0.2, 0.25) is 0 Å². The molecule has 1 atom stereocenters. The van der Waals surface area contributed by atoms with Gasteiger partial charge in [-0.05, 0) is 37.1 Å². The van der Waals surface area contributed by atoms with Gasteiger partial charge in [0.15, 0.2) is 0 Å². The number of hydrogen-bond donors (Lipinski definition) is 2. The first-order valence-electron chi connectivity index (χ1n) is 8.08. The molecule has 1 aromatic heterocycles. The molecule has 0 bridgehead atoms. The molecule has 1 unspecified atom stereocenters. The van der Waals surface area contributed by atoms with Crippen molar-refractivity contribution in [1.29, 1.82) is 0 Å². The average molecular weight is 366 g/mol. The number of alkyl halides is 3. The topological polar surface area (TPSA) is 76.1 Å². The van der Waals surface area contributed by atoms with Gasteiger partial charge in [-0.15, -0.1) is 0 Å². The number of nitrogens with one attached hydrogen (secondary N) is 2. The average Bonchev–Trinajstić information content (AvgIpc) is 3.13. The zero-order chi connectivity index (χ0) is 18.6. The Balaban J connectivity index is 1.56. The fraction of sp³-hybridized carbons (Fsp3) is 0.353. The first-order chi connectivity index (χ1) is 12.4. The van der Waals surface area contributed by atoms with Crippen molar-refractivity contribution < 1.29 is 22.7 Å². The number of rotatable bonds is 5. The van der Waals surface area contributed by atoms with Crippen molar-refractivity contribution >= 4 is 17.4 Å². The van der Waals surface area contributed by atoms with E-state index in [1.165, 1.54) is 24.5 Å². The maximum Gasteiger partial charge on any atom is 0.416 e. The number of halogens is 3. The highest BCUT2D eigenvalue weighted by atomic mass is 19.4. The number of carbonyl (C=O) groups is 1. The van der Waals surface area contributed by atoms with Gasteiger partial charge >= 0.3 is 6.18 Å². The summed E-state index contributed by atoms with van der Waals surface area (Å²) < 4.78 is 43.0. The molecular formula is C17H17F3N4O2. The maximum atomic E-state index is 12.5. The standard InChI is InChI=1S/C17H17F3N4O2/c18-17(19,20)11-3-5-12(6-4-11)24-15-10-21-14(9-22-15)16(25)23-8-13-2-1-7-26-13/h3-6,9-10,13H,1-2,7-8H2,(H,22,24)(H,23,25). The summed E-state index contributed by atoms with van der Waals surface area (Å²) in [5.41, 5.74) is -0.142. The molecule has 0 saturated carbocycles. The lowest BCUT2D eigenvalue weighted by atomic mass is 10.2. The molecule has 1 fully saturated rings. The third-order valence-electron chi connectivity index (χ3n) is 3.88. The first-order valence-corrected chi connectivity index (χ1v) is 8.08. The van der Waals surface area contributed by atoms with E-state index in [-0.39, 0.29) is 17.7 Å². The molecule has 0 spiro atoms. The van der Waals surface area contributed by atoms with Crippen LogP contribution in [-0.2, 0) is 10.9 Å². The van der Waals surface area contributed by atoms with Crippen LogP contribution < -0.4 is 10.6 Å². The van der Waals surface area contributed by atoms with Gasteiger partial charge in [-0.1, -0.05) is 0 Å². The third-order valence-corrected chi connectivity index (χ3v) is 3.88. The SMILES string of the molecule is O=C(NCC1CCCO1)c1cnc(Nc2ccc(C(F)(F)F)cc2)cn1. The molecule has 6 nitrogen and oxygen atoms in total. The number of anilines is 2. The first kappa shape index (κ1) is 18.1. The van der Waals surface area contributed by atoms with E-state index in [9.17, 15) is 18.0 Å². The highest BCUT2D eigenvalue weighted by molar-refractivity contribution is 5.92. The predicted octanol–water partition coefficient (Wildman–Crippen LogP) is 3.15. The molecule has 1 aliphatic heterocycles. The Labute approximate surface area is 147 Å². The lowest BCUT2D eigenvalue weighted by Crippen LogP contribution is -2.32. The van der Waals surface area contributed by atoms with Crippen molar-refractivity contribution in [3.8, 4) is 0 Å². The van der Waals surface area contributed by atoms with Crippen molar-refractivity contribution in [3.05, 3.63) is 47.9 Å². The Morgan fingerprint density at radius 2 is 1.96 bits per heavy atom. The van der Waals surface area contributed by atoms with E-state index in [0.717, 1.165) is 25.0 Å². The largest absolute Gasteiger partial charge is 0.416 e. The zero-order valence-electron chi connectivity index (χ0n) is 13.7. The summed E-state index contributed by atoms with van der Waals surface area (Å²) in [6.45, 7) is 1.14. The minimum Gasteiger partial charge on any atom is -0.376 e. The summed E-state index contributed by atoms with van der Waals surface area (Å²) in [6.07, 6.45) is 0.215. The van der Waals surface area contributed by atoms with E-state index >= 15 is 0 Å². The van der Waals surface area contributed by atoms with Crippen LogP contribution in [0.4, 0.5) is 24.7 Å². The van der Waals surface area contributed by atoms with Crippen LogP contribution in [0.5, 0.6) is 0 Å². The highest BCUT2D eigenvalue weighted by Gasteiger charge is 2.29. The number of ether oxygens (including phenoxy) is 1. The fourth-order valence-electron chi connectivity index (χ4n) is 2.50. The molecule has 1 amide bonds. The van der Waals surface area contributed by atoms with Crippen LogP contribution in [0.15, 0.2) is 36.7 Å². The van der Waals surface area contributed by atoms with E-state index < -0.39 is 11.7 Å². The van der Waals surface area contributed by atoms with Gasteiger partial charge in [0.05, 0.1) is 24.1 Å². The Bertz CT molecular complexity index is 742. The summed E-state index contributed by atoms with van der Waals surface area (Å²) in [5, 5.41) is 5.57. The van der Waals surface area contributed by atoms with E-state index in [0.29, 0.717) is 24.7 Å². The smallest absolute Gasteiger partial charge is 0.376 e. The third kappa shape index (κ3) is 4.69. The van der Waals surface area contributed by atoms with Crippen LogP contribution in [0.25, 0.3) is 0 Å². The van der Waals surface area contributed by atoms with Crippen molar-refractivity contribution in [1.82, 2.24) is 15.3 Å². The summed E-state index contributed by atoms with van der Waals surface area (Å²) >= 11 is 0. The van der Waals surface area contributed by atoms with Crippen LogP contribution in [0.3, 0.4) is 0 Å². The number of hydrogen-bond acceptors (Lipinski definition) is 5. The van der Waals surface area contributed by atoms with Crippen LogP contribution in [-0.4, -0.2) is 35.1 Å². The molecule has 1 saturated heterocycles. The second kappa shape index (κ2) is 7.69. The fourth-order valence-corrected chi connectivity index (χ4v) is 2.50. The monoisotopic (exact) mass is 366 g/mol. The number of amides is 1. The second-order valence-corrected chi connectivity index (χ2v) is 5.83. The van der Waals surface area contributed by atoms with Gasteiger partial charge in [-0.25, -0.2) is 9.97 Å². The molecule has 1 aromatic carbocycles. The van der Waals surface area contributed by atoms with Crippen molar-refractivity contribution in [2.75, 3.05) is 18.5 Å². The molecule has 0 aliphatic carbocycles. The molecular weight excluding hydrogens is 349 g/mol. The van der Waals surface area contributed by atoms with Gasteiger partial charge in [0.1, 0.15) is 11.5 Å². The van der Waals surface area contributed by atoms with Crippen LogP contribution >= 0.6 is 0 Å². The molecule has 2 N–H and O–H groups in total. The normalized spacial score (nSPS) is 17.1. The van der Waals surface area contributed by atoms with Gasteiger partial charge in [-0.3, -0.25) is 4.79 Å². The molecule has 2 aromatic rings. The van der Waals surface area contributed by atoms with Crippen molar-refractivity contribution in [3.63, 3.8) is 0 Å². The summed E-state index contributed by atoms with van der Waals surface area (Å²) in [7, 11) is 0. The van der Waals surface area contributed by atoms with E-state index in [1.807, 2.05) is 0 Å². The number of aromatic nitrogens is 2. The minimum absolute atomic E-state index is 0.0347. The molecule has 138 valence electrons. The van der Waals surface area contributed by atoms with Gasteiger partial charge in [0.25, 0.3) is 5.91 Å². The maximum absolute atomic E-state index is 12.5. The van der Waals surface area contributed by atoms with E-state index in [2.05, 4.69) is 20.6 Å². The predicted molar refractivity (Wildman–Crippen MR) is 88.1 cm³/mol. The Hall–Kier alpha value is -2.68. The van der Waals surface area contributed by atoms with Crippen LogP contribution in [0.1, 0.15) is 28.9 Å². The summed E-state index contributed by atoms with van der Waals surface area (Å²) in [6, 6.07) is 4.55. The second-order valence-electron chi connectivity index (χ2n) is 5.83. The van der Waals surface area contributed by atoms with Crippen molar-refractivity contribution in [2.24, 2.45) is 0 Å². The van der Waals surface area contributed by atoms with Gasteiger partial charge in [0.2, 0.25) is 0 Å². The number of carbonyl (C=O) groups excluding carboxylic acids is 1. The lowest BCUT2D eigenvalue weighted by Gasteiger charge is -2.11. The van der Waals surface area contributed by atoms with Gasteiger partial charge < -0.3 is 15.4 Å². The highest BCUT2D eigenvalue weighted by Crippen LogP contribution is 2.30. The quantitative estimate of drug-likeness (QED) is 0.850. The van der Waals surface area contributed by atoms with Gasteiger partial charge in [-0.2, -0.15) is 13.2 Å². The van der Waals surface area contributed by atoms with Gasteiger partial charge in [0, 0.05) is 18.8 Å². The molecule has 2 heterocycles. The number of benzene rings is 1. The Morgan fingerprint density at radius 3 is 2.54 bits per heavy atom. The lowest BCUT2D eigenvalue weighted by molar-refractivity contribution is -0.137. The molecule has 1 aliphatic rings. The Morgan fingerprint density at radius 1 is 1.19 bits per heavy atom. The molecule has 3 rings (SSSR count). The number of nitrogens with zero attached hydrogens (tertiary/aromatic N) is 2. The summed E-state index contributed by atoms with van der Waals surface area (Å²) in [5.74, 6) is -0.0329. The molecule has 0 radical (unpaired) electrons. The minimum atomic E-state index is -4.38. The molecule has 26 heavy (non-hydrogen) atoms. The van der Waals surface area contributed by atoms with Crippen molar-refractivity contribution in [2.45, 2.75) is 25.1 Å². The Kier molecular flexibility index (Phi) is 5.36. The molecule has 9 heteroatoms. The van der Waals surface area contributed by atoms with E-state index in [1.54, 1.807) is 0 Å². The van der Waals surface area contributed by atoms with E-state index in [4.69, 9.17) is 4.74 Å².